The van der Waals surface area contributed by atoms with Crippen molar-refractivity contribution >= 4 is 22.4 Å². The van der Waals surface area contributed by atoms with Crippen LogP contribution in [0.5, 0.6) is 5.88 Å². The molecule has 2 aromatic heterocycles. The van der Waals surface area contributed by atoms with Gasteiger partial charge in [0.25, 0.3) is 0 Å². The Kier molecular flexibility index (Phi) is 4.30. The number of carbonyl (C=O) groups is 1. The van der Waals surface area contributed by atoms with Crippen LogP contribution in [0.3, 0.4) is 0 Å². The van der Waals surface area contributed by atoms with Gasteiger partial charge in [0.2, 0.25) is 5.88 Å². The van der Waals surface area contributed by atoms with E-state index in [1.165, 1.54) is 17.7 Å². The number of urea groups is 1. The highest BCUT2D eigenvalue weighted by molar-refractivity contribution is 7.14. The largest absolute Gasteiger partial charge is 0.472 e. The summed E-state index contributed by atoms with van der Waals surface area (Å²) in [6.45, 7) is 1.32. The van der Waals surface area contributed by atoms with Crippen LogP contribution in [0.1, 0.15) is 12.8 Å². The summed E-state index contributed by atoms with van der Waals surface area (Å²) in [4.78, 5) is 21.9. The van der Waals surface area contributed by atoms with Crippen molar-refractivity contribution in [2.45, 2.75) is 18.9 Å². The third-order valence-corrected chi connectivity index (χ3v) is 4.04. The summed E-state index contributed by atoms with van der Waals surface area (Å²) in [5, 5.41) is 5.70. The Morgan fingerprint density at radius 3 is 3.19 bits per heavy atom. The Bertz CT molecular complexity index is 576. The molecule has 0 aliphatic carbocycles. The van der Waals surface area contributed by atoms with Crippen LogP contribution in [0.2, 0.25) is 0 Å². The Morgan fingerprint density at radius 2 is 2.43 bits per heavy atom. The van der Waals surface area contributed by atoms with Crippen LogP contribution in [0, 0.1) is 0 Å². The number of nitrogens with zero attached hydrogens (tertiary/aromatic N) is 3. The van der Waals surface area contributed by atoms with E-state index in [0.29, 0.717) is 12.4 Å². The first-order valence-electron chi connectivity index (χ1n) is 6.83. The molecule has 1 atom stereocenters. The molecule has 1 saturated heterocycles. The molecule has 0 bridgehead atoms. The number of nitrogens with one attached hydrogen (secondary N) is 1. The average Bonchev–Trinajstić information content (AvgIpc) is 3.01. The van der Waals surface area contributed by atoms with Crippen LogP contribution in [0.15, 0.2) is 36.1 Å². The minimum absolute atomic E-state index is 0.0252. The number of aromatic nitrogens is 2. The third kappa shape index (κ3) is 3.69. The molecule has 0 radical (unpaired) electrons. The van der Waals surface area contributed by atoms with E-state index in [2.05, 4.69) is 15.3 Å². The summed E-state index contributed by atoms with van der Waals surface area (Å²) in [5.74, 6) is 0.551. The predicted octanol–water partition coefficient (Wildman–Crippen LogP) is 2.61. The molecule has 0 aromatic carbocycles. The highest BCUT2D eigenvalue weighted by Crippen LogP contribution is 2.19. The van der Waals surface area contributed by atoms with E-state index in [1.807, 2.05) is 17.5 Å². The van der Waals surface area contributed by atoms with E-state index in [4.69, 9.17) is 4.74 Å². The number of hydrogen-bond acceptors (Lipinski definition) is 5. The maximum absolute atomic E-state index is 12.2. The van der Waals surface area contributed by atoms with Gasteiger partial charge in [0.15, 0.2) is 0 Å². The second-order valence-electron chi connectivity index (χ2n) is 4.78. The fraction of sp³-hybridized carbons (Fsp3) is 0.357. The fourth-order valence-electron chi connectivity index (χ4n) is 2.27. The van der Waals surface area contributed by atoms with Gasteiger partial charge in [-0.15, -0.1) is 11.3 Å². The molecule has 0 saturated carbocycles. The van der Waals surface area contributed by atoms with Gasteiger partial charge >= 0.3 is 6.03 Å². The SMILES string of the molecule is O=C(Nc1cccs1)N1CCCC(Oc2ccncn2)C1. The first kappa shape index (κ1) is 13.8. The van der Waals surface area contributed by atoms with Crippen LogP contribution in [-0.2, 0) is 0 Å². The average molecular weight is 304 g/mol. The summed E-state index contributed by atoms with van der Waals surface area (Å²) >= 11 is 1.51. The quantitative estimate of drug-likeness (QED) is 0.946. The lowest BCUT2D eigenvalue weighted by atomic mass is 10.1. The molecule has 1 N–H and O–H groups in total. The molecule has 0 spiro atoms. The third-order valence-electron chi connectivity index (χ3n) is 3.26. The maximum atomic E-state index is 12.2. The Labute approximate surface area is 126 Å². The molecule has 1 fully saturated rings. The molecule has 21 heavy (non-hydrogen) atoms. The molecule has 3 rings (SSSR count). The van der Waals surface area contributed by atoms with Crippen molar-refractivity contribution in [2.24, 2.45) is 0 Å². The van der Waals surface area contributed by atoms with E-state index >= 15 is 0 Å². The Morgan fingerprint density at radius 1 is 1.48 bits per heavy atom. The van der Waals surface area contributed by atoms with Crippen molar-refractivity contribution in [2.75, 3.05) is 18.4 Å². The Balaban J connectivity index is 1.56. The van der Waals surface area contributed by atoms with Crippen LogP contribution in [-0.4, -0.2) is 40.1 Å². The molecule has 2 aromatic rings. The number of anilines is 1. The predicted molar refractivity (Wildman–Crippen MR) is 80.6 cm³/mol. The molecule has 110 valence electrons. The van der Waals surface area contributed by atoms with Crippen molar-refractivity contribution in [1.82, 2.24) is 14.9 Å². The summed E-state index contributed by atoms with van der Waals surface area (Å²) < 4.78 is 5.80. The molecule has 1 unspecified atom stereocenters. The number of thiophene rings is 1. The first-order valence-corrected chi connectivity index (χ1v) is 7.71. The van der Waals surface area contributed by atoms with Crippen LogP contribution < -0.4 is 10.1 Å². The fourth-order valence-corrected chi connectivity index (χ4v) is 2.88. The monoisotopic (exact) mass is 304 g/mol. The molecule has 1 aliphatic heterocycles. The summed E-state index contributed by atoms with van der Waals surface area (Å²) in [7, 11) is 0. The van der Waals surface area contributed by atoms with Gasteiger partial charge in [-0.2, -0.15) is 0 Å². The number of carbonyl (C=O) groups excluding carboxylic acids is 1. The molecular formula is C14H16N4O2S. The van der Waals surface area contributed by atoms with Gasteiger partial charge < -0.3 is 9.64 Å². The van der Waals surface area contributed by atoms with Crippen LogP contribution >= 0.6 is 11.3 Å². The molecular weight excluding hydrogens is 288 g/mol. The molecule has 3 heterocycles. The molecule has 1 aliphatic rings. The number of amides is 2. The highest BCUT2D eigenvalue weighted by Gasteiger charge is 2.25. The zero-order valence-electron chi connectivity index (χ0n) is 11.4. The zero-order valence-corrected chi connectivity index (χ0v) is 12.3. The number of rotatable bonds is 3. The minimum atomic E-state index is -0.0755. The van der Waals surface area contributed by atoms with E-state index in [1.54, 1.807) is 17.2 Å². The lowest BCUT2D eigenvalue weighted by Gasteiger charge is -2.32. The highest BCUT2D eigenvalue weighted by atomic mass is 32.1. The number of likely N-dealkylation sites (tertiary alicyclic amines) is 1. The summed E-state index contributed by atoms with van der Waals surface area (Å²) in [5.41, 5.74) is 0. The van der Waals surface area contributed by atoms with Gasteiger partial charge in [0, 0.05) is 18.8 Å². The van der Waals surface area contributed by atoms with Crippen molar-refractivity contribution in [3.05, 3.63) is 36.1 Å². The second-order valence-corrected chi connectivity index (χ2v) is 5.73. The molecule has 2 amide bonds. The van der Waals surface area contributed by atoms with Gasteiger partial charge in [0.1, 0.15) is 12.4 Å². The van der Waals surface area contributed by atoms with E-state index in [9.17, 15) is 4.79 Å². The normalized spacial score (nSPS) is 18.3. The van der Waals surface area contributed by atoms with E-state index in [0.717, 1.165) is 24.4 Å². The van der Waals surface area contributed by atoms with Gasteiger partial charge in [-0.25, -0.2) is 14.8 Å². The van der Waals surface area contributed by atoms with Gasteiger partial charge in [0.05, 0.1) is 11.5 Å². The van der Waals surface area contributed by atoms with Crippen LogP contribution in [0.4, 0.5) is 9.80 Å². The lowest BCUT2D eigenvalue weighted by molar-refractivity contribution is 0.102. The molecule has 7 heteroatoms. The zero-order chi connectivity index (χ0) is 14.5. The topological polar surface area (TPSA) is 67.4 Å². The Hall–Kier alpha value is -2.15. The number of hydrogen-bond donors (Lipinski definition) is 1. The van der Waals surface area contributed by atoms with Crippen molar-refractivity contribution in [1.29, 1.82) is 0 Å². The smallest absolute Gasteiger partial charge is 0.322 e. The summed E-state index contributed by atoms with van der Waals surface area (Å²) in [6.07, 6.45) is 4.93. The minimum Gasteiger partial charge on any atom is -0.472 e. The van der Waals surface area contributed by atoms with Crippen molar-refractivity contribution in [3.63, 3.8) is 0 Å². The second kappa shape index (κ2) is 6.53. The number of ether oxygens (including phenoxy) is 1. The van der Waals surface area contributed by atoms with Crippen molar-refractivity contribution < 1.29 is 9.53 Å². The van der Waals surface area contributed by atoms with Crippen LogP contribution in [0.25, 0.3) is 0 Å². The van der Waals surface area contributed by atoms with Gasteiger partial charge in [-0.1, -0.05) is 0 Å². The first-order chi connectivity index (χ1) is 10.3. The number of piperidine rings is 1. The molecule has 6 nitrogen and oxygen atoms in total. The standard InChI is InChI=1S/C14H16N4O2S/c19-14(17-13-4-2-8-21-13)18-7-1-3-11(9-18)20-12-5-6-15-10-16-12/h2,4-6,8,10-11H,1,3,7,9H2,(H,17,19). The van der Waals surface area contributed by atoms with E-state index < -0.39 is 0 Å². The van der Waals surface area contributed by atoms with Crippen molar-refractivity contribution in [3.8, 4) is 5.88 Å². The lowest BCUT2D eigenvalue weighted by Crippen LogP contribution is -2.46. The summed E-state index contributed by atoms with van der Waals surface area (Å²) in [6, 6.07) is 5.46. The van der Waals surface area contributed by atoms with Gasteiger partial charge in [-0.05, 0) is 30.4 Å². The van der Waals surface area contributed by atoms with Gasteiger partial charge in [-0.3, -0.25) is 5.32 Å². The maximum Gasteiger partial charge on any atom is 0.322 e. The van der Waals surface area contributed by atoms with E-state index in [-0.39, 0.29) is 12.1 Å².